The molecule has 1 aliphatic heterocycles. The molecule has 0 amide bonds. The lowest BCUT2D eigenvalue weighted by Gasteiger charge is -2.35. The van der Waals surface area contributed by atoms with Crippen LogP contribution < -0.4 is 0 Å². The first-order valence-electron chi connectivity index (χ1n) is 7.94. The maximum atomic E-state index is 12.7. The molecule has 3 rings (SSSR count). The van der Waals surface area contributed by atoms with Crippen molar-refractivity contribution in [3.8, 4) is 11.5 Å². The summed E-state index contributed by atoms with van der Waals surface area (Å²) in [6.45, 7) is 2.31. The van der Waals surface area contributed by atoms with Gasteiger partial charge in [-0.25, -0.2) is 15.0 Å². The number of nitrogens with one attached hydrogen (secondary N) is 1. The van der Waals surface area contributed by atoms with E-state index in [9.17, 15) is 8.42 Å². The maximum Gasteiger partial charge on any atom is 0.282 e. The van der Waals surface area contributed by atoms with E-state index in [-0.39, 0.29) is 6.04 Å². The molecule has 1 saturated heterocycles. The van der Waals surface area contributed by atoms with Gasteiger partial charge in [0.25, 0.3) is 10.2 Å². The summed E-state index contributed by atoms with van der Waals surface area (Å²) in [5, 5.41) is 0. The van der Waals surface area contributed by atoms with E-state index in [2.05, 4.69) is 19.9 Å². The van der Waals surface area contributed by atoms with Crippen LogP contribution in [0.5, 0.6) is 0 Å². The molecule has 0 spiro atoms. The van der Waals surface area contributed by atoms with E-state index in [4.69, 9.17) is 0 Å². The fourth-order valence-corrected chi connectivity index (χ4v) is 4.29. The molecule has 130 valence electrons. The molecule has 0 aliphatic carbocycles. The van der Waals surface area contributed by atoms with E-state index in [1.165, 1.54) is 4.31 Å². The van der Waals surface area contributed by atoms with E-state index < -0.39 is 10.2 Å². The molecule has 0 aromatic carbocycles. The van der Waals surface area contributed by atoms with Gasteiger partial charge in [-0.05, 0) is 25.8 Å². The highest BCUT2D eigenvalue weighted by molar-refractivity contribution is 7.86. The van der Waals surface area contributed by atoms with Gasteiger partial charge in [0.15, 0.2) is 5.82 Å². The predicted octanol–water partition coefficient (Wildman–Crippen LogP) is 1.51. The van der Waals surface area contributed by atoms with Crippen LogP contribution in [-0.2, 0) is 10.2 Å². The third kappa shape index (κ3) is 3.19. The standard InChI is InChI=1S/C15H22N6O2S/c1-11-18-12(10-13(19-11)15-16-7-8-17-15)14-6-4-5-9-21(14)24(22,23)20(2)3/h7-8,10,14H,4-6,9H2,1-3H3,(H,16,17)/t14-/m1/s1. The molecule has 3 heterocycles. The van der Waals surface area contributed by atoms with E-state index in [0.717, 1.165) is 25.0 Å². The Morgan fingerprint density at radius 3 is 2.75 bits per heavy atom. The number of hydrogen-bond donors (Lipinski definition) is 1. The van der Waals surface area contributed by atoms with Crippen molar-refractivity contribution in [1.29, 1.82) is 0 Å². The zero-order chi connectivity index (χ0) is 17.3. The van der Waals surface area contributed by atoms with Crippen LogP contribution >= 0.6 is 0 Å². The lowest BCUT2D eigenvalue weighted by Crippen LogP contribution is -2.44. The van der Waals surface area contributed by atoms with Gasteiger partial charge >= 0.3 is 0 Å². The second-order valence-corrected chi connectivity index (χ2v) is 8.17. The molecule has 0 unspecified atom stereocenters. The normalized spacial score (nSPS) is 19.8. The van der Waals surface area contributed by atoms with Crippen LogP contribution in [-0.4, -0.2) is 57.6 Å². The fourth-order valence-electron chi connectivity index (χ4n) is 2.97. The number of nitrogens with zero attached hydrogens (tertiary/aromatic N) is 5. The van der Waals surface area contributed by atoms with Gasteiger partial charge in [-0.15, -0.1) is 0 Å². The van der Waals surface area contributed by atoms with Crippen molar-refractivity contribution in [2.45, 2.75) is 32.2 Å². The first-order valence-corrected chi connectivity index (χ1v) is 9.34. The van der Waals surface area contributed by atoms with Crippen molar-refractivity contribution >= 4 is 10.2 Å². The first-order chi connectivity index (χ1) is 11.4. The maximum absolute atomic E-state index is 12.7. The minimum absolute atomic E-state index is 0.276. The minimum Gasteiger partial charge on any atom is -0.343 e. The Hall–Kier alpha value is -1.84. The SMILES string of the molecule is Cc1nc(-c2ncc[nH]2)cc([C@H]2CCCCN2S(=O)(=O)N(C)C)n1. The molecule has 1 fully saturated rings. The lowest BCUT2D eigenvalue weighted by molar-refractivity contribution is 0.238. The number of H-pyrrole nitrogens is 1. The second-order valence-electron chi connectivity index (χ2n) is 6.08. The van der Waals surface area contributed by atoms with Crippen molar-refractivity contribution < 1.29 is 8.42 Å². The summed E-state index contributed by atoms with van der Waals surface area (Å²) in [5.41, 5.74) is 1.40. The highest BCUT2D eigenvalue weighted by Crippen LogP contribution is 2.33. The van der Waals surface area contributed by atoms with Crippen molar-refractivity contribution in [2.24, 2.45) is 0 Å². The Kier molecular flexibility index (Phi) is 4.66. The van der Waals surface area contributed by atoms with Crippen LogP contribution in [0.1, 0.15) is 36.8 Å². The average molecular weight is 350 g/mol. The molecule has 2 aromatic rings. The summed E-state index contributed by atoms with van der Waals surface area (Å²) in [6.07, 6.45) is 5.98. The molecular weight excluding hydrogens is 328 g/mol. The van der Waals surface area contributed by atoms with Crippen molar-refractivity contribution in [3.05, 3.63) is 30.0 Å². The van der Waals surface area contributed by atoms with Crippen molar-refractivity contribution in [1.82, 2.24) is 28.5 Å². The third-order valence-corrected chi connectivity index (χ3v) is 6.10. The molecule has 1 N–H and O–H groups in total. The molecule has 0 saturated carbocycles. The summed E-state index contributed by atoms with van der Waals surface area (Å²) in [7, 11) is -0.382. The Morgan fingerprint density at radius 1 is 1.29 bits per heavy atom. The number of aromatic amines is 1. The number of aryl methyl sites for hydroxylation is 1. The van der Waals surface area contributed by atoms with E-state index in [1.807, 2.05) is 13.0 Å². The van der Waals surface area contributed by atoms with Gasteiger partial charge in [0.1, 0.15) is 11.5 Å². The van der Waals surface area contributed by atoms with Gasteiger partial charge in [-0.3, -0.25) is 0 Å². The zero-order valence-corrected chi connectivity index (χ0v) is 14.9. The quantitative estimate of drug-likeness (QED) is 0.902. The molecule has 1 atom stereocenters. The lowest BCUT2D eigenvalue weighted by atomic mass is 10.0. The predicted molar refractivity (Wildman–Crippen MR) is 90.3 cm³/mol. The number of aromatic nitrogens is 4. The van der Waals surface area contributed by atoms with Gasteiger partial charge < -0.3 is 4.98 Å². The minimum atomic E-state index is -3.49. The number of piperidine rings is 1. The fraction of sp³-hybridized carbons (Fsp3) is 0.533. The van der Waals surface area contributed by atoms with E-state index in [1.54, 1.807) is 30.8 Å². The van der Waals surface area contributed by atoms with Gasteiger partial charge in [0.05, 0.1) is 11.7 Å². The summed E-state index contributed by atoms with van der Waals surface area (Å²) in [5.74, 6) is 1.26. The molecule has 1 aliphatic rings. The average Bonchev–Trinajstić information content (AvgIpc) is 3.08. The van der Waals surface area contributed by atoms with E-state index in [0.29, 0.717) is 23.9 Å². The number of rotatable bonds is 4. The molecule has 9 heteroatoms. The Morgan fingerprint density at radius 2 is 2.08 bits per heavy atom. The number of hydrogen-bond acceptors (Lipinski definition) is 5. The molecule has 24 heavy (non-hydrogen) atoms. The summed E-state index contributed by atoms with van der Waals surface area (Å²) < 4.78 is 28.1. The van der Waals surface area contributed by atoms with Crippen LogP contribution in [0.2, 0.25) is 0 Å². The highest BCUT2D eigenvalue weighted by atomic mass is 32.2. The molecule has 0 radical (unpaired) electrons. The van der Waals surface area contributed by atoms with E-state index >= 15 is 0 Å². The molecule has 2 aromatic heterocycles. The Bertz CT molecular complexity index is 803. The molecular formula is C15H22N6O2S. The second kappa shape index (κ2) is 6.58. The number of imidazole rings is 1. The van der Waals surface area contributed by atoms with Crippen molar-refractivity contribution in [3.63, 3.8) is 0 Å². The first kappa shape index (κ1) is 17.0. The van der Waals surface area contributed by atoms with Gasteiger partial charge in [0.2, 0.25) is 0 Å². The highest BCUT2D eigenvalue weighted by Gasteiger charge is 2.35. The van der Waals surface area contributed by atoms with Crippen LogP contribution in [0.3, 0.4) is 0 Å². The van der Waals surface area contributed by atoms with Crippen LogP contribution in [0.15, 0.2) is 18.5 Å². The van der Waals surface area contributed by atoms with Crippen LogP contribution in [0.4, 0.5) is 0 Å². The molecule has 8 nitrogen and oxygen atoms in total. The third-order valence-electron chi connectivity index (χ3n) is 4.15. The van der Waals surface area contributed by atoms with Gasteiger partial charge in [-0.2, -0.15) is 17.0 Å². The van der Waals surface area contributed by atoms with Crippen LogP contribution in [0, 0.1) is 6.92 Å². The molecule has 0 bridgehead atoms. The smallest absolute Gasteiger partial charge is 0.282 e. The largest absolute Gasteiger partial charge is 0.343 e. The topological polar surface area (TPSA) is 95.1 Å². The Balaban J connectivity index is 2.03. The Labute approximate surface area is 142 Å². The van der Waals surface area contributed by atoms with Crippen molar-refractivity contribution in [2.75, 3.05) is 20.6 Å². The summed E-state index contributed by atoms with van der Waals surface area (Å²) in [6, 6.07) is 1.56. The van der Waals surface area contributed by atoms with Crippen LogP contribution in [0.25, 0.3) is 11.5 Å². The van der Waals surface area contributed by atoms with Gasteiger partial charge in [0, 0.05) is 33.0 Å². The monoisotopic (exact) mass is 350 g/mol. The summed E-state index contributed by atoms with van der Waals surface area (Å²) in [4.78, 5) is 16.2. The zero-order valence-electron chi connectivity index (χ0n) is 14.1. The van der Waals surface area contributed by atoms with Gasteiger partial charge in [-0.1, -0.05) is 6.42 Å². The summed E-state index contributed by atoms with van der Waals surface area (Å²) >= 11 is 0.